The van der Waals surface area contributed by atoms with Crippen molar-refractivity contribution in [1.29, 1.82) is 0 Å². The van der Waals surface area contributed by atoms with E-state index in [-0.39, 0.29) is 5.41 Å². The van der Waals surface area contributed by atoms with Gasteiger partial charge in [0, 0.05) is 29.2 Å². The SMILES string of the molecule is C=CCCCCCCc1cc(CF)cc(-c2ccc3c(c2)c(CC(C)(C)C)c(-c2cccnc2C(C)C)n3CC)c1.CCC. The van der Waals surface area contributed by atoms with Crippen LogP contribution in [0.15, 0.2) is 67.4 Å². The monoisotopic (exact) mass is 596 g/mol. The van der Waals surface area contributed by atoms with Gasteiger partial charge in [-0.3, -0.25) is 4.98 Å². The lowest BCUT2D eigenvalue weighted by molar-refractivity contribution is 0.412. The number of rotatable bonds is 13. The number of unbranched alkanes of at least 4 members (excludes halogenated alkanes) is 4. The van der Waals surface area contributed by atoms with E-state index in [0.29, 0.717) is 5.92 Å². The molecule has 2 aromatic carbocycles. The van der Waals surface area contributed by atoms with Crippen molar-refractivity contribution >= 4 is 10.9 Å². The Morgan fingerprint density at radius 3 is 2.25 bits per heavy atom. The van der Waals surface area contributed by atoms with Gasteiger partial charge in [0.25, 0.3) is 0 Å². The summed E-state index contributed by atoms with van der Waals surface area (Å²) in [6.07, 6.45) is 13.0. The number of allylic oxidation sites excluding steroid dienone is 1. The van der Waals surface area contributed by atoms with E-state index in [1.54, 1.807) is 0 Å². The molecule has 0 unspecified atom stereocenters. The van der Waals surface area contributed by atoms with Crippen LogP contribution >= 0.6 is 0 Å². The Morgan fingerprint density at radius 1 is 0.909 bits per heavy atom. The first kappa shape index (κ1) is 35.3. The molecule has 0 fully saturated rings. The third-order valence-corrected chi connectivity index (χ3v) is 8.00. The van der Waals surface area contributed by atoms with Gasteiger partial charge in [-0.2, -0.15) is 0 Å². The average Bonchev–Trinajstić information content (AvgIpc) is 3.30. The van der Waals surface area contributed by atoms with Crippen molar-refractivity contribution in [3.05, 3.63) is 89.8 Å². The van der Waals surface area contributed by atoms with Crippen LogP contribution < -0.4 is 0 Å². The van der Waals surface area contributed by atoms with Crippen molar-refractivity contribution in [2.75, 3.05) is 0 Å². The molecule has 0 N–H and O–H groups in total. The van der Waals surface area contributed by atoms with E-state index < -0.39 is 6.67 Å². The zero-order valence-electron chi connectivity index (χ0n) is 28.9. The van der Waals surface area contributed by atoms with E-state index in [1.807, 2.05) is 18.3 Å². The summed E-state index contributed by atoms with van der Waals surface area (Å²) in [7, 11) is 0. The number of benzene rings is 2. The fraction of sp³-hybridized carbons (Fsp3) is 0.488. The summed E-state index contributed by atoms with van der Waals surface area (Å²) in [6.45, 7) is 22.2. The largest absolute Gasteiger partial charge is 0.340 e. The fourth-order valence-corrected chi connectivity index (χ4v) is 6.15. The van der Waals surface area contributed by atoms with Crippen molar-refractivity contribution in [2.24, 2.45) is 5.41 Å². The van der Waals surface area contributed by atoms with Gasteiger partial charge < -0.3 is 4.57 Å². The second kappa shape index (κ2) is 16.8. The van der Waals surface area contributed by atoms with E-state index in [4.69, 9.17) is 4.98 Å². The molecule has 4 aromatic rings. The Kier molecular flexibility index (Phi) is 13.4. The van der Waals surface area contributed by atoms with Crippen molar-refractivity contribution in [3.63, 3.8) is 0 Å². The second-order valence-electron chi connectivity index (χ2n) is 13.8. The van der Waals surface area contributed by atoms with E-state index in [2.05, 4.69) is 109 Å². The van der Waals surface area contributed by atoms with Crippen molar-refractivity contribution in [1.82, 2.24) is 9.55 Å². The molecule has 0 aliphatic carbocycles. The molecular formula is C41H57FN2. The molecular weight excluding hydrogens is 539 g/mol. The van der Waals surface area contributed by atoms with Crippen LogP contribution in [0.1, 0.15) is 122 Å². The number of aromatic nitrogens is 2. The normalized spacial score (nSPS) is 11.6. The maximum absolute atomic E-state index is 14.0. The Balaban J connectivity index is 0.00000169. The highest BCUT2D eigenvalue weighted by Gasteiger charge is 2.25. The van der Waals surface area contributed by atoms with Crippen LogP contribution in [-0.4, -0.2) is 9.55 Å². The van der Waals surface area contributed by atoms with Crippen LogP contribution in [0.25, 0.3) is 33.3 Å². The predicted molar refractivity (Wildman–Crippen MR) is 191 cm³/mol. The first-order valence-electron chi connectivity index (χ1n) is 17.0. The lowest BCUT2D eigenvalue weighted by Gasteiger charge is -2.21. The molecule has 3 heteroatoms. The molecule has 2 nitrogen and oxygen atoms in total. The van der Waals surface area contributed by atoms with Gasteiger partial charge in [0.1, 0.15) is 6.67 Å². The number of pyridine rings is 1. The van der Waals surface area contributed by atoms with E-state index in [9.17, 15) is 4.39 Å². The molecule has 2 heterocycles. The molecule has 0 bridgehead atoms. The number of hydrogen-bond acceptors (Lipinski definition) is 1. The van der Waals surface area contributed by atoms with Gasteiger partial charge in [-0.05, 0) is 109 Å². The topological polar surface area (TPSA) is 17.8 Å². The minimum absolute atomic E-state index is 0.116. The molecule has 238 valence electrons. The lowest BCUT2D eigenvalue weighted by Crippen LogP contribution is -2.11. The minimum Gasteiger partial charge on any atom is -0.340 e. The molecule has 0 aliphatic heterocycles. The summed E-state index contributed by atoms with van der Waals surface area (Å²) in [4.78, 5) is 4.82. The molecule has 0 saturated heterocycles. The summed E-state index contributed by atoms with van der Waals surface area (Å²) >= 11 is 0. The van der Waals surface area contributed by atoms with Crippen molar-refractivity contribution < 1.29 is 4.39 Å². The number of fused-ring (bicyclic) bond motifs is 1. The quantitative estimate of drug-likeness (QED) is 0.111. The Hall–Kier alpha value is -3.20. The van der Waals surface area contributed by atoms with Crippen LogP contribution in [0.4, 0.5) is 4.39 Å². The zero-order valence-corrected chi connectivity index (χ0v) is 28.9. The molecule has 0 spiro atoms. The fourth-order valence-electron chi connectivity index (χ4n) is 6.15. The second-order valence-corrected chi connectivity index (χ2v) is 13.8. The van der Waals surface area contributed by atoms with E-state index in [0.717, 1.165) is 54.6 Å². The molecule has 4 rings (SSSR count). The van der Waals surface area contributed by atoms with Gasteiger partial charge in [-0.15, -0.1) is 6.58 Å². The third kappa shape index (κ3) is 9.16. The number of hydrogen-bond donors (Lipinski definition) is 0. The summed E-state index contributed by atoms with van der Waals surface area (Å²) < 4.78 is 16.5. The van der Waals surface area contributed by atoms with Crippen LogP contribution in [0, 0.1) is 5.41 Å². The predicted octanol–water partition coefficient (Wildman–Crippen LogP) is 12.7. The Bertz CT molecular complexity index is 1480. The molecule has 0 radical (unpaired) electrons. The lowest BCUT2D eigenvalue weighted by atomic mass is 9.85. The molecule has 2 aromatic heterocycles. The maximum Gasteiger partial charge on any atom is 0.115 e. The highest BCUT2D eigenvalue weighted by Crippen LogP contribution is 2.41. The number of halogens is 1. The van der Waals surface area contributed by atoms with Gasteiger partial charge >= 0.3 is 0 Å². The highest BCUT2D eigenvalue weighted by atomic mass is 19.1. The molecule has 0 atom stereocenters. The zero-order chi connectivity index (χ0) is 32.3. The Morgan fingerprint density at radius 2 is 1.61 bits per heavy atom. The minimum atomic E-state index is -0.437. The maximum atomic E-state index is 14.0. The van der Waals surface area contributed by atoms with Crippen LogP contribution in [0.5, 0.6) is 0 Å². The third-order valence-electron chi connectivity index (χ3n) is 8.00. The first-order valence-corrected chi connectivity index (χ1v) is 17.0. The van der Waals surface area contributed by atoms with Gasteiger partial charge in [-0.1, -0.05) is 92.0 Å². The Labute approximate surface area is 267 Å². The smallest absolute Gasteiger partial charge is 0.115 e. The van der Waals surface area contributed by atoms with E-state index >= 15 is 0 Å². The van der Waals surface area contributed by atoms with Gasteiger partial charge in [0.15, 0.2) is 0 Å². The number of alkyl halides is 1. The standard InChI is InChI=1S/C38H49FN2.C3H8/c1-8-10-11-12-13-14-16-28-21-29(26-39)23-31(22-28)30-18-19-35-33(24-30)34(25-38(5,6)7)37(41(35)9-2)32-17-15-20-40-36(32)27(3)4;1-3-2/h8,15,17-24,27H,1,9-14,16,25-26H2,2-7H3;3H2,1-2H3. The highest BCUT2D eigenvalue weighted by molar-refractivity contribution is 5.95. The van der Waals surface area contributed by atoms with Crippen molar-refractivity contribution in [3.8, 4) is 22.4 Å². The molecule has 0 amide bonds. The van der Waals surface area contributed by atoms with E-state index in [1.165, 1.54) is 59.0 Å². The molecule has 44 heavy (non-hydrogen) atoms. The first-order chi connectivity index (χ1) is 21.1. The summed E-state index contributed by atoms with van der Waals surface area (Å²) in [6, 6.07) is 17.5. The molecule has 0 aliphatic rings. The summed E-state index contributed by atoms with van der Waals surface area (Å²) in [5.74, 6) is 0.330. The number of nitrogens with zero attached hydrogens (tertiary/aromatic N) is 2. The van der Waals surface area contributed by atoms with Crippen LogP contribution in [0.3, 0.4) is 0 Å². The van der Waals surface area contributed by atoms with Gasteiger partial charge in [0.05, 0.1) is 11.4 Å². The van der Waals surface area contributed by atoms with Gasteiger partial charge in [-0.25, -0.2) is 4.39 Å². The van der Waals surface area contributed by atoms with Crippen molar-refractivity contribution in [2.45, 2.75) is 126 Å². The summed E-state index contributed by atoms with van der Waals surface area (Å²) in [5, 5.41) is 1.29. The molecule has 0 saturated carbocycles. The average molecular weight is 597 g/mol. The van der Waals surface area contributed by atoms with Crippen LogP contribution in [-0.2, 0) is 26.1 Å². The number of aryl methyl sites for hydroxylation is 2. The van der Waals surface area contributed by atoms with Crippen LogP contribution in [0.2, 0.25) is 0 Å². The van der Waals surface area contributed by atoms with Gasteiger partial charge in [0.2, 0.25) is 0 Å². The summed E-state index contributed by atoms with van der Waals surface area (Å²) in [5.41, 5.74) is 10.7.